The van der Waals surface area contributed by atoms with Gasteiger partial charge in [-0.15, -0.1) is 0 Å². The largest absolute Gasteiger partial charge is 0.472 e. The van der Waals surface area contributed by atoms with Gasteiger partial charge in [-0.05, 0) is 77.0 Å². The first kappa shape index (κ1) is 54.2. The Bertz CT molecular complexity index is 1220. The quantitative estimate of drug-likeness (QED) is 0.0237. The van der Waals surface area contributed by atoms with E-state index in [1.807, 2.05) is 12.2 Å². The van der Waals surface area contributed by atoms with Crippen LogP contribution < -0.4 is 0 Å². The first-order valence-corrected chi connectivity index (χ1v) is 23.0. The molecule has 0 spiro atoms. The molecule has 0 aliphatic heterocycles. The van der Waals surface area contributed by atoms with Gasteiger partial charge in [0.1, 0.15) is 12.7 Å². The molecule has 0 aliphatic carbocycles. The number of carbonyl (C=O) groups excluding carboxylic acids is 2. The molecule has 3 atom stereocenters. The number of aliphatic hydroxyl groups excluding tert-OH is 2. The van der Waals surface area contributed by atoms with Crippen molar-refractivity contribution < 1.29 is 47.8 Å². The van der Waals surface area contributed by atoms with Gasteiger partial charge in [0.2, 0.25) is 0 Å². The number of phosphoric ester groups is 1. The summed E-state index contributed by atoms with van der Waals surface area (Å²) in [5.74, 6) is -1.06. The number of ether oxygens (including phenoxy) is 2. The molecule has 0 aromatic rings. The zero-order valence-electron chi connectivity index (χ0n) is 35.3. The van der Waals surface area contributed by atoms with Gasteiger partial charge in [0, 0.05) is 12.8 Å². The molecule has 10 nitrogen and oxygen atoms in total. The van der Waals surface area contributed by atoms with Crippen LogP contribution in [-0.2, 0) is 32.7 Å². The Kier molecular flexibility index (Phi) is 39.2. The van der Waals surface area contributed by atoms with Crippen molar-refractivity contribution >= 4 is 19.8 Å². The Hall–Kier alpha value is -2.85. The summed E-state index contributed by atoms with van der Waals surface area (Å²) in [5, 5.41) is 18.3. The Morgan fingerprint density at radius 2 is 1.00 bits per heavy atom. The summed E-state index contributed by atoms with van der Waals surface area (Å²) in [6.07, 6.45) is 48.5. The lowest BCUT2D eigenvalue weighted by atomic mass is 10.1. The Labute approximate surface area is 345 Å². The predicted octanol–water partition coefficient (Wildman–Crippen LogP) is 11.4. The van der Waals surface area contributed by atoms with Crippen LogP contribution in [0.1, 0.15) is 155 Å². The fourth-order valence-electron chi connectivity index (χ4n) is 5.25. The minimum Gasteiger partial charge on any atom is -0.462 e. The molecule has 11 heteroatoms. The lowest BCUT2D eigenvalue weighted by Gasteiger charge is -2.20. The van der Waals surface area contributed by atoms with Crippen molar-refractivity contribution in [2.24, 2.45) is 0 Å². The fourth-order valence-corrected chi connectivity index (χ4v) is 6.04. The van der Waals surface area contributed by atoms with Crippen molar-refractivity contribution in [2.45, 2.75) is 167 Å². The number of carbonyl (C=O) groups is 2. The molecule has 0 fully saturated rings. The van der Waals surface area contributed by atoms with Crippen LogP contribution >= 0.6 is 7.82 Å². The zero-order chi connectivity index (χ0) is 41.9. The molecular formula is C46H77O10P. The van der Waals surface area contributed by atoms with Gasteiger partial charge in [0.15, 0.2) is 6.10 Å². The maximum Gasteiger partial charge on any atom is 0.472 e. The van der Waals surface area contributed by atoms with E-state index in [0.29, 0.717) is 12.8 Å². The maximum atomic E-state index is 12.6. The Morgan fingerprint density at radius 1 is 0.544 bits per heavy atom. The molecule has 0 bridgehead atoms. The average Bonchev–Trinajstić information content (AvgIpc) is 3.20. The maximum absolute atomic E-state index is 12.6. The molecular weight excluding hydrogens is 743 g/mol. The summed E-state index contributed by atoms with van der Waals surface area (Å²) < 4.78 is 32.6. The lowest BCUT2D eigenvalue weighted by Crippen LogP contribution is -2.29. The minimum atomic E-state index is -4.65. The number of phosphoric acid groups is 1. The van der Waals surface area contributed by atoms with Gasteiger partial charge in [-0.25, -0.2) is 4.57 Å². The molecule has 0 saturated heterocycles. The second-order valence-electron chi connectivity index (χ2n) is 14.0. The summed E-state index contributed by atoms with van der Waals surface area (Å²) in [6, 6.07) is 0. The summed E-state index contributed by atoms with van der Waals surface area (Å²) in [5.41, 5.74) is 0. The number of unbranched alkanes of at least 4 members (excludes halogenated alkanes) is 11. The highest BCUT2D eigenvalue weighted by Crippen LogP contribution is 2.43. The van der Waals surface area contributed by atoms with E-state index < -0.39 is 51.8 Å². The molecule has 0 aromatic carbocycles. The first-order valence-electron chi connectivity index (χ1n) is 21.5. The van der Waals surface area contributed by atoms with Crippen molar-refractivity contribution in [3.63, 3.8) is 0 Å². The fraction of sp³-hybridized carbons (Fsp3) is 0.652. The average molecular weight is 821 g/mol. The number of esters is 2. The van der Waals surface area contributed by atoms with Crippen LogP contribution in [0.15, 0.2) is 85.1 Å². The minimum absolute atomic E-state index is 0.0508. The summed E-state index contributed by atoms with van der Waals surface area (Å²) in [7, 11) is -4.65. The Morgan fingerprint density at radius 3 is 1.53 bits per heavy atom. The topological polar surface area (TPSA) is 149 Å². The van der Waals surface area contributed by atoms with Crippen molar-refractivity contribution in [1.82, 2.24) is 0 Å². The van der Waals surface area contributed by atoms with Crippen LogP contribution in [0, 0.1) is 0 Å². The van der Waals surface area contributed by atoms with Crippen LogP contribution in [0.3, 0.4) is 0 Å². The summed E-state index contributed by atoms with van der Waals surface area (Å²) in [4.78, 5) is 34.9. The molecule has 0 aromatic heterocycles. The highest BCUT2D eigenvalue weighted by molar-refractivity contribution is 7.47. The van der Waals surface area contributed by atoms with Crippen LogP contribution in [0.2, 0.25) is 0 Å². The van der Waals surface area contributed by atoms with Crippen molar-refractivity contribution in [3.8, 4) is 0 Å². The highest BCUT2D eigenvalue weighted by Gasteiger charge is 2.27. The van der Waals surface area contributed by atoms with E-state index in [2.05, 4.69) is 91.3 Å². The standard InChI is InChI=1S/C46H77O10P/c1-3-5-7-9-11-13-15-17-19-20-21-22-24-26-28-30-32-34-36-38-46(50)56-44(42-55-57(51,52)54-40-43(48)39-47)41-53-45(49)37-35-33-31-29-27-25-23-18-16-14-12-10-8-6-4-2/h5,7,11,13,17,19,21-22,26-29,32,34,43-44,47-48H,3-4,6,8-10,12,14-16,18,20,23-25,30-31,33,35-42H2,1-2H3,(H,51,52)/b7-5+,13-11+,19-17+,22-21+,28-26+,29-27+,34-32+/t43-,44+/m0/s1. The van der Waals surface area contributed by atoms with Gasteiger partial charge < -0.3 is 24.6 Å². The van der Waals surface area contributed by atoms with E-state index >= 15 is 0 Å². The lowest BCUT2D eigenvalue weighted by molar-refractivity contribution is -0.161. The van der Waals surface area contributed by atoms with Crippen molar-refractivity contribution in [1.29, 1.82) is 0 Å². The van der Waals surface area contributed by atoms with E-state index in [1.165, 1.54) is 57.8 Å². The third kappa shape index (κ3) is 41.1. The molecule has 0 saturated carbocycles. The second-order valence-corrected chi connectivity index (χ2v) is 15.4. The van der Waals surface area contributed by atoms with Gasteiger partial charge in [-0.1, -0.05) is 150 Å². The number of aliphatic hydroxyl groups is 2. The molecule has 0 radical (unpaired) electrons. The molecule has 3 N–H and O–H groups in total. The molecule has 0 aliphatic rings. The SMILES string of the molecule is CC/C=C/C/C=C/C/C=C/C/C=C/C/C=C/C/C=C/CCC(=O)O[C@H](COC(=O)CCCC/C=C/CCCCCCCCCCC)COP(=O)(O)OC[C@@H](O)CO. The molecule has 57 heavy (non-hydrogen) atoms. The smallest absolute Gasteiger partial charge is 0.462 e. The number of allylic oxidation sites excluding steroid dienone is 14. The first-order chi connectivity index (χ1) is 27.7. The normalized spacial score (nSPS) is 14.7. The van der Waals surface area contributed by atoms with Crippen LogP contribution in [0.4, 0.5) is 0 Å². The molecule has 0 amide bonds. The molecule has 1 unspecified atom stereocenters. The second kappa shape index (κ2) is 41.3. The van der Waals surface area contributed by atoms with E-state index in [-0.39, 0.29) is 19.4 Å². The number of hydrogen-bond acceptors (Lipinski definition) is 9. The number of hydrogen-bond donors (Lipinski definition) is 3. The van der Waals surface area contributed by atoms with Gasteiger partial charge in [0.05, 0.1) is 19.8 Å². The summed E-state index contributed by atoms with van der Waals surface area (Å²) in [6.45, 7) is 2.14. The van der Waals surface area contributed by atoms with E-state index in [0.717, 1.165) is 57.8 Å². The van der Waals surface area contributed by atoms with Gasteiger partial charge in [-0.2, -0.15) is 0 Å². The van der Waals surface area contributed by atoms with Gasteiger partial charge >= 0.3 is 19.8 Å². The van der Waals surface area contributed by atoms with Gasteiger partial charge in [-0.3, -0.25) is 18.6 Å². The molecule has 0 heterocycles. The van der Waals surface area contributed by atoms with Crippen LogP contribution in [-0.4, -0.2) is 65.7 Å². The summed E-state index contributed by atoms with van der Waals surface area (Å²) >= 11 is 0. The van der Waals surface area contributed by atoms with Crippen LogP contribution in [0.5, 0.6) is 0 Å². The van der Waals surface area contributed by atoms with Crippen molar-refractivity contribution in [3.05, 3.63) is 85.1 Å². The van der Waals surface area contributed by atoms with Gasteiger partial charge in [0.25, 0.3) is 0 Å². The zero-order valence-corrected chi connectivity index (χ0v) is 36.2. The monoisotopic (exact) mass is 821 g/mol. The van der Waals surface area contributed by atoms with E-state index in [9.17, 15) is 24.2 Å². The predicted molar refractivity (Wildman–Crippen MR) is 233 cm³/mol. The van der Waals surface area contributed by atoms with E-state index in [1.54, 1.807) is 0 Å². The van der Waals surface area contributed by atoms with Crippen molar-refractivity contribution in [2.75, 3.05) is 26.4 Å². The molecule has 326 valence electrons. The van der Waals surface area contributed by atoms with Crippen LogP contribution in [0.25, 0.3) is 0 Å². The third-order valence-corrected chi connectivity index (χ3v) is 9.50. The third-order valence-electron chi connectivity index (χ3n) is 8.55. The molecule has 0 rings (SSSR count). The Balaban J connectivity index is 4.48. The number of rotatable bonds is 39. The van der Waals surface area contributed by atoms with E-state index in [4.69, 9.17) is 19.1 Å². The highest BCUT2D eigenvalue weighted by atomic mass is 31.2.